The zero-order valence-electron chi connectivity index (χ0n) is 11.3. The molecule has 0 bridgehead atoms. The molecule has 0 radical (unpaired) electrons. The molecule has 21 heavy (non-hydrogen) atoms. The van der Waals surface area contributed by atoms with Crippen LogP contribution in [0.4, 0.5) is 0 Å². The van der Waals surface area contributed by atoms with E-state index in [4.69, 9.17) is 16.3 Å². The number of cyclic esters (lactones) is 1. The van der Waals surface area contributed by atoms with E-state index in [2.05, 4.69) is 4.99 Å². The van der Waals surface area contributed by atoms with Crippen LogP contribution in [0.2, 0.25) is 5.02 Å². The highest BCUT2D eigenvalue weighted by atomic mass is 35.5. The second-order valence-electron chi connectivity index (χ2n) is 4.76. The average molecular weight is 298 g/mol. The first-order valence-corrected chi connectivity index (χ1v) is 6.85. The average Bonchev–Trinajstić information content (AvgIpc) is 2.83. The SMILES string of the molecule is Cc1cccc(C2=N/C(=C/c3ccc(Cl)cc3)C(=O)O2)c1. The largest absolute Gasteiger partial charge is 0.402 e. The lowest BCUT2D eigenvalue weighted by Crippen LogP contribution is -2.05. The third kappa shape index (κ3) is 3.03. The van der Waals surface area contributed by atoms with Crippen LogP contribution in [-0.2, 0) is 9.53 Å². The van der Waals surface area contributed by atoms with Crippen LogP contribution in [-0.4, -0.2) is 11.9 Å². The molecule has 0 fully saturated rings. The van der Waals surface area contributed by atoms with Gasteiger partial charge in [-0.3, -0.25) is 0 Å². The number of halogens is 1. The van der Waals surface area contributed by atoms with E-state index in [1.807, 2.05) is 43.3 Å². The van der Waals surface area contributed by atoms with E-state index >= 15 is 0 Å². The molecule has 0 N–H and O–H groups in total. The highest BCUT2D eigenvalue weighted by Gasteiger charge is 2.24. The summed E-state index contributed by atoms with van der Waals surface area (Å²) in [5.41, 5.74) is 3.01. The van der Waals surface area contributed by atoms with Gasteiger partial charge in [-0.1, -0.05) is 41.4 Å². The van der Waals surface area contributed by atoms with Gasteiger partial charge in [0.15, 0.2) is 5.70 Å². The van der Waals surface area contributed by atoms with E-state index < -0.39 is 5.97 Å². The van der Waals surface area contributed by atoms with Gasteiger partial charge in [-0.15, -0.1) is 0 Å². The molecule has 0 aliphatic carbocycles. The molecule has 0 saturated heterocycles. The third-order valence-electron chi connectivity index (χ3n) is 3.06. The highest BCUT2D eigenvalue weighted by molar-refractivity contribution is 6.30. The zero-order valence-corrected chi connectivity index (χ0v) is 12.1. The van der Waals surface area contributed by atoms with E-state index in [1.54, 1.807) is 18.2 Å². The number of rotatable bonds is 2. The van der Waals surface area contributed by atoms with Crippen LogP contribution in [0, 0.1) is 6.92 Å². The standard InChI is InChI=1S/C17H12ClNO2/c1-11-3-2-4-13(9-11)16-19-15(17(20)21-16)10-12-5-7-14(18)8-6-12/h2-10H,1H3/b15-10+. The monoisotopic (exact) mass is 297 g/mol. The topological polar surface area (TPSA) is 38.7 Å². The summed E-state index contributed by atoms with van der Waals surface area (Å²) in [6.45, 7) is 1.98. The van der Waals surface area contributed by atoms with Crippen molar-refractivity contribution < 1.29 is 9.53 Å². The number of ether oxygens (including phenoxy) is 1. The van der Waals surface area contributed by atoms with Crippen LogP contribution >= 0.6 is 11.6 Å². The zero-order chi connectivity index (χ0) is 14.8. The van der Waals surface area contributed by atoms with Crippen molar-refractivity contribution in [3.8, 4) is 0 Å². The fourth-order valence-electron chi connectivity index (χ4n) is 2.03. The molecule has 4 heteroatoms. The van der Waals surface area contributed by atoms with E-state index in [-0.39, 0.29) is 5.70 Å². The normalized spacial score (nSPS) is 16.0. The molecule has 1 aliphatic heterocycles. The van der Waals surface area contributed by atoms with Gasteiger partial charge in [-0.05, 0) is 42.8 Å². The Hall–Kier alpha value is -2.39. The molecule has 0 atom stereocenters. The van der Waals surface area contributed by atoms with Crippen molar-refractivity contribution in [1.29, 1.82) is 0 Å². The number of aliphatic imine (C=N–C) groups is 1. The molecule has 2 aromatic carbocycles. The second kappa shape index (κ2) is 5.54. The van der Waals surface area contributed by atoms with Crippen LogP contribution in [0.1, 0.15) is 16.7 Å². The van der Waals surface area contributed by atoms with Crippen molar-refractivity contribution in [3.05, 3.63) is 75.9 Å². The van der Waals surface area contributed by atoms with Gasteiger partial charge in [0, 0.05) is 10.6 Å². The molecule has 2 aromatic rings. The maximum absolute atomic E-state index is 11.9. The van der Waals surface area contributed by atoms with Crippen molar-refractivity contribution in [2.45, 2.75) is 6.92 Å². The molecule has 3 rings (SSSR count). The summed E-state index contributed by atoms with van der Waals surface area (Å²) in [7, 11) is 0. The molecule has 1 aliphatic rings. The van der Waals surface area contributed by atoms with Crippen LogP contribution in [0.5, 0.6) is 0 Å². The molecular weight excluding hydrogens is 286 g/mol. The summed E-state index contributed by atoms with van der Waals surface area (Å²) in [6, 6.07) is 14.8. The molecule has 0 unspecified atom stereocenters. The van der Waals surface area contributed by atoms with Crippen molar-refractivity contribution in [3.63, 3.8) is 0 Å². The number of carbonyl (C=O) groups is 1. The molecule has 104 valence electrons. The molecule has 0 saturated carbocycles. The van der Waals surface area contributed by atoms with Gasteiger partial charge in [0.2, 0.25) is 5.90 Å². The predicted octanol–water partition coefficient (Wildman–Crippen LogP) is 3.99. The summed E-state index contributed by atoms with van der Waals surface area (Å²) >= 11 is 5.84. The lowest BCUT2D eigenvalue weighted by molar-refractivity contribution is -0.129. The van der Waals surface area contributed by atoms with Gasteiger partial charge < -0.3 is 4.74 Å². The van der Waals surface area contributed by atoms with Gasteiger partial charge in [0.1, 0.15) is 0 Å². The fourth-order valence-corrected chi connectivity index (χ4v) is 2.15. The number of nitrogens with zero attached hydrogens (tertiary/aromatic N) is 1. The smallest absolute Gasteiger partial charge is 0.363 e. The van der Waals surface area contributed by atoms with Gasteiger partial charge >= 0.3 is 5.97 Å². The fraction of sp³-hybridized carbons (Fsp3) is 0.0588. The Labute approximate surface area is 127 Å². The van der Waals surface area contributed by atoms with Gasteiger partial charge in [-0.2, -0.15) is 0 Å². The number of carbonyl (C=O) groups excluding carboxylic acids is 1. The van der Waals surface area contributed by atoms with Crippen molar-refractivity contribution in [2.24, 2.45) is 4.99 Å². The Bertz CT molecular complexity index is 761. The lowest BCUT2D eigenvalue weighted by atomic mass is 10.1. The van der Waals surface area contributed by atoms with Gasteiger partial charge in [0.05, 0.1) is 0 Å². The maximum atomic E-state index is 11.9. The van der Waals surface area contributed by atoms with Crippen LogP contribution < -0.4 is 0 Å². The van der Waals surface area contributed by atoms with Crippen molar-refractivity contribution >= 4 is 29.5 Å². The highest BCUT2D eigenvalue weighted by Crippen LogP contribution is 2.20. The number of esters is 1. The van der Waals surface area contributed by atoms with Gasteiger partial charge in [-0.25, -0.2) is 9.79 Å². The minimum atomic E-state index is -0.443. The van der Waals surface area contributed by atoms with E-state index in [0.29, 0.717) is 10.9 Å². The van der Waals surface area contributed by atoms with Crippen LogP contribution in [0.15, 0.2) is 59.2 Å². The Morgan fingerprint density at radius 1 is 1.14 bits per heavy atom. The van der Waals surface area contributed by atoms with Gasteiger partial charge in [0.25, 0.3) is 0 Å². The summed E-state index contributed by atoms with van der Waals surface area (Å²) < 4.78 is 5.23. The number of benzene rings is 2. The van der Waals surface area contributed by atoms with Crippen LogP contribution in [0.3, 0.4) is 0 Å². The van der Waals surface area contributed by atoms with E-state index in [0.717, 1.165) is 16.7 Å². The molecule has 1 heterocycles. The van der Waals surface area contributed by atoms with E-state index in [1.165, 1.54) is 0 Å². The summed E-state index contributed by atoms with van der Waals surface area (Å²) in [4.78, 5) is 16.2. The van der Waals surface area contributed by atoms with Crippen molar-refractivity contribution in [2.75, 3.05) is 0 Å². The molecular formula is C17H12ClNO2. The quantitative estimate of drug-likeness (QED) is 0.621. The first-order valence-electron chi connectivity index (χ1n) is 6.47. The molecule has 0 aromatic heterocycles. The predicted molar refractivity (Wildman–Crippen MR) is 83.2 cm³/mol. The lowest BCUT2D eigenvalue weighted by Gasteiger charge is -1.99. The summed E-state index contributed by atoms with van der Waals surface area (Å²) in [6.07, 6.45) is 1.68. The minimum absolute atomic E-state index is 0.286. The van der Waals surface area contributed by atoms with Crippen LogP contribution in [0.25, 0.3) is 6.08 Å². The molecule has 3 nitrogen and oxygen atoms in total. The first kappa shape index (κ1) is 13.6. The minimum Gasteiger partial charge on any atom is -0.402 e. The summed E-state index contributed by atoms with van der Waals surface area (Å²) in [5.74, 6) is -0.106. The summed E-state index contributed by atoms with van der Waals surface area (Å²) in [5, 5.41) is 0.648. The molecule has 0 amide bonds. The second-order valence-corrected chi connectivity index (χ2v) is 5.19. The Balaban J connectivity index is 1.93. The maximum Gasteiger partial charge on any atom is 0.363 e. The number of hydrogen-bond donors (Lipinski definition) is 0. The number of hydrogen-bond acceptors (Lipinski definition) is 3. The third-order valence-corrected chi connectivity index (χ3v) is 3.31. The Morgan fingerprint density at radius 2 is 1.90 bits per heavy atom. The number of aryl methyl sites for hydroxylation is 1. The Kier molecular flexibility index (Phi) is 3.59. The molecule has 0 spiro atoms. The Morgan fingerprint density at radius 3 is 2.62 bits per heavy atom. The first-order chi connectivity index (χ1) is 10.1. The van der Waals surface area contributed by atoms with Crippen molar-refractivity contribution in [1.82, 2.24) is 0 Å². The van der Waals surface area contributed by atoms with E-state index in [9.17, 15) is 4.79 Å².